The van der Waals surface area contributed by atoms with Gasteiger partial charge in [0.1, 0.15) is 55.4 Å². The van der Waals surface area contributed by atoms with Crippen molar-refractivity contribution >= 4 is 11.9 Å². The number of carbonyl (C=O) groups is 2. The van der Waals surface area contributed by atoms with Gasteiger partial charge in [0.25, 0.3) is 0 Å². The lowest BCUT2D eigenvalue weighted by atomic mass is 9.98. The molecule has 0 bridgehead atoms. The molecule has 0 spiro atoms. The number of allylic oxidation sites excluding steroid dienone is 4. The van der Waals surface area contributed by atoms with Crippen molar-refractivity contribution in [3.8, 4) is 0 Å². The van der Waals surface area contributed by atoms with Gasteiger partial charge in [0.2, 0.25) is 0 Å². The molecule has 15 heteroatoms. The fourth-order valence-electron chi connectivity index (χ4n) is 7.78. The van der Waals surface area contributed by atoms with Gasteiger partial charge in [-0.2, -0.15) is 0 Å². The number of hydrogen-bond acceptors (Lipinski definition) is 15. The maximum atomic E-state index is 13.0. The van der Waals surface area contributed by atoms with E-state index in [1.807, 2.05) is 0 Å². The molecule has 64 heavy (non-hydrogen) atoms. The van der Waals surface area contributed by atoms with Crippen LogP contribution in [0.2, 0.25) is 0 Å². The van der Waals surface area contributed by atoms with E-state index in [1.54, 1.807) is 0 Å². The Morgan fingerprint density at radius 2 is 0.938 bits per heavy atom. The average molecular weight is 917 g/mol. The van der Waals surface area contributed by atoms with E-state index in [0.29, 0.717) is 12.8 Å². The normalized spacial score (nSPS) is 26.8. The highest BCUT2D eigenvalue weighted by Gasteiger charge is 2.47. The first-order chi connectivity index (χ1) is 31.0. The first-order valence-corrected chi connectivity index (χ1v) is 24.9. The van der Waals surface area contributed by atoms with Crippen molar-refractivity contribution < 1.29 is 73.8 Å². The lowest BCUT2D eigenvalue weighted by molar-refractivity contribution is -0.332. The van der Waals surface area contributed by atoms with Crippen LogP contribution < -0.4 is 0 Å². The maximum Gasteiger partial charge on any atom is 0.306 e. The summed E-state index contributed by atoms with van der Waals surface area (Å²) in [6.07, 6.45) is 19.2. The number of esters is 2. The molecule has 0 amide bonds. The summed E-state index contributed by atoms with van der Waals surface area (Å²) in [5.74, 6) is -0.936. The summed E-state index contributed by atoms with van der Waals surface area (Å²) in [5, 5.41) is 72.0. The van der Waals surface area contributed by atoms with Crippen molar-refractivity contribution in [1.82, 2.24) is 0 Å². The van der Waals surface area contributed by atoms with Crippen molar-refractivity contribution in [1.29, 1.82) is 0 Å². The highest BCUT2D eigenvalue weighted by Crippen LogP contribution is 2.26. The van der Waals surface area contributed by atoms with Crippen LogP contribution in [0.25, 0.3) is 0 Å². The Kier molecular flexibility index (Phi) is 33.6. The molecule has 7 N–H and O–H groups in total. The highest BCUT2D eigenvalue weighted by atomic mass is 16.7. The standard InChI is InChI=1S/C49H88O15/c1-3-5-7-9-11-13-15-17-18-20-21-23-25-27-29-31-40(51)59-34-37(62-41(52)32-30-28-26-24-22-19-16-14-12-10-8-6-4-2)35-60-48-47(58)45(56)43(54)39(64-48)36-61-49-46(57)44(55)42(53)38(33-50)63-49/h11,13,17-18,37-39,42-50,53-58H,3-10,12,14-16,19-36H2,1-2H3/b13-11-,18-17-/t37?,38-,39-,42+,43+,44+,45+,46-,47-,48-,49-/m1/s1. The molecule has 374 valence electrons. The maximum absolute atomic E-state index is 13.0. The topological polar surface area (TPSA) is 231 Å². The zero-order chi connectivity index (χ0) is 46.8. The van der Waals surface area contributed by atoms with E-state index in [4.69, 9.17) is 28.4 Å². The molecule has 2 aliphatic heterocycles. The minimum atomic E-state index is -1.76. The van der Waals surface area contributed by atoms with E-state index in [-0.39, 0.29) is 26.1 Å². The molecular formula is C49H88O15. The molecule has 0 saturated carbocycles. The summed E-state index contributed by atoms with van der Waals surface area (Å²) in [6, 6.07) is 0. The molecule has 0 aromatic rings. The molecule has 2 heterocycles. The van der Waals surface area contributed by atoms with Crippen LogP contribution in [-0.2, 0) is 38.0 Å². The fraction of sp³-hybridized carbons (Fsp3) is 0.878. The fourth-order valence-corrected chi connectivity index (χ4v) is 7.78. The van der Waals surface area contributed by atoms with Gasteiger partial charge in [0, 0.05) is 12.8 Å². The summed E-state index contributed by atoms with van der Waals surface area (Å²) in [6.45, 7) is 2.55. The second kappa shape index (κ2) is 37.0. The van der Waals surface area contributed by atoms with Gasteiger partial charge in [-0.3, -0.25) is 9.59 Å². The van der Waals surface area contributed by atoms with Crippen LogP contribution in [0.5, 0.6) is 0 Å². The van der Waals surface area contributed by atoms with E-state index >= 15 is 0 Å². The predicted molar refractivity (Wildman–Crippen MR) is 243 cm³/mol. The number of hydrogen-bond donors (Lipinski definition) is 7. The number of aliphatic hydroxyl groups is 7. The quantitative estimate of drug-likeness (QED) is 0.0203. The smallest absolute Gasteiger partial charge is 0.306 e. The van der Waals surface area contributed by atoms with Gasteiger partial charge >= 0.3 is 11.9 Å². The van der Waals surface area contributed by atoms with Crippen LogP contribution in [0, 0.1) is 0 Å². The predicted octanol–water partition coefficient (Wildman–Crippen LogP) is 6.38. The second-order valence-corrected chi connectivity index (χ2v) is 17.6. The van der Waals surface area contributed by atoms with Gasteiger partial charge in [-0.25, -0.2) is 0 Å². The molecule has 2 fully saturated rings. The third-order valence-corrected chi connectivity index (χ3v) is 11.9. The van der Waals surface area contributed by atoms with Crippen LogP contribution >= 0.6 is 0 Å². The Morgan fingerprint density at radius 1 is 0.500 bits per heavy atom. The third kappa shape index (κ3) is 25.2. The Balaban J connectivity index is 1.83. The van der Waals surface area contributed by atoms with Crippen LogP contribution in [0.15, 0.2) is 24.3 Å². The number of carbonyl (C=O) groups excluding carboxylic acids is 2. The molecule has 1 unspecified atom stereocenters. The highest BCUT2D eigenvalue weighted by molar-refractivity contribution is 5.70. The van der Waals surface area contributed by atoms with Crippen LogP contribution in [0.4, 0.5) is 0 Å². The Labute approximate surface area is 383 Å². The van der Waals surface area contributed by atoms with Crippen LogP contribution in [0.1, 0.15) is 181 Å². The second-order valence-electron chi connectivity index (χ2n) is 17.6. The number of rotatable bonds is 38. The zero-order valence-corrected chi connectivity index (χ0v) is 39.3. The van der Waals surface area contributed by atoms with Gasteiger partial charge in [-0.1, -0.05) is 147 Å². The molecule has 0 aromatic carbocycles. The molecule has 0 radical (unpaired) electrons. The molecule has 0 aromatic heterocycles. The molecule has 15 nitrogen and oxygen atoms in total. The van der Waals surface area contributed by atoms with E-state index in [0.717, 1.165) is 64.2 Å². The summed E-state index contributed by atoms with van der Waals surface area (Å²) in [4.78, 5) is 25.7. The average Bonchev–Trinajstić information content (AvgIpc) is 3.29. The van der Waals surface area contributed by atoms with E-state index in [9.17, 15) is 45.3 Å². The first kappa shape index (κ1) is 58.1. The van der Waals surface area contributed by atoms with Crippen LogP contribution in [-0.4, -0.2) is 142 Å². The van der Waals surface area contributed by atoms with Gasteiger partial charge in [-0.05, 0) is 44.9 Å². The minimum absolute atomic E-state index is 0.166. The Bertz CT molecular complexity index is 1220. The number of aliphatic hydroxyl groups excluding tert-OH is 7. The number of ether oxygens (including phenoxy) is 6. The van der Waals surface area contributed by atoms with Crippen molar-refractivity contribution in [2.75, 3.05) is 26.4 Å². The lowest BCUT2D eigenvalue weighted by Crippen LogP contribution is -2.61. The van der Waals surface area contributed by atoms with Gasteiger partial charge in [0.05, 0.1) is 19.8 Å². The minimum Gasteiger partial charge on any atom is -0.462 e. The SMILES string of the molecule is CCCCC/C=C\C/C=C\CCCCCCCC(=O)OCC(CO[C@@H]1O[C@H](CO[C@@H]2O[C@H](CO)[C@H](O)[C@H](O)[C@H]2O)[C@H](O)[C@H](O)[C@H]1O)OC(=O)CCCCCCCCCCCCCCC. The third-order valence-electron chi connectivity index (χ3n) is 11.9. The lowest BCUT2D eigenvalue weighted by Gasteiger charge is -2.42. The molecular weight excluding hydrogens is 829 g/mol. The van der Waals surface area contributed by atoms with E-state index in [1.165, 1.54) is 77.0 Å². The monoisotopic (exact) mass is 917 g/mol. The largest absolute Gasteiger partial charge is 0.462 e. The molecule has 2 aliphatic rings. The molecule has 2 saturated heterocycles. The van der Waals surface area contributed by atoms with Gasteiger partial charge in [-0.15, -0.1) is 0 Å². The Hall–Kier alpha value is -2.02. The molecule has 0 aliphatic carbocycles. The van der Waals surface area contributed by atoms with Gasteiger partial charge < -0.3 is 64.2 Å². The van der Waals surface area contributed by atoms with Gasteiger partial charge in [0.15, 0.2) is 18.7 Å². The van der Waals surface area contributed by atoms with Crippen molar-refractivity contribution in [3.63, 3.8) is 0 Å². The van der Waals surface area contributed by atoms with Crippen LogP contribution in [0.3, 0.4) is 0 Å². The van der Waals surface area contributed by atoms with E-state index < -0.39 is 92.7 Å². The Morgan fingerprint density at radius 3 is 1.48 bits per heavy atom. The zero-order valence-electron chi connectivity index (χ0n) is 39.3. The van der Waals surface area contributed by atoms with Crippen molar-refractivity contribution in [3.05, 3.63) is 24.3 Å². The summed E-state index contributed by atoms with van der Waals surface area (Å²) < 4.78 is 33.5. The van der Waals surface area contributed by atoms with Crippen molar-refractivity contribution in [2.24, 2.45) is 0 Å². The van der Waals surface area contributed by atoms with Crippen molar-refractivity contribution in [2.45, 2.75) is 248 Å². The first-order valence-electron chi connectivity index (χ1n) is 24.9. The number of unbranched alkanes of at least 4 members (excludes halogenated alkanes) is 20. The molecule has 2 rings (SSSR count). The summed E-state index contributed by atoms with van der Waals surface area (Å²) >= 11 is 0. The summed E-state index contributed by atoms with van der Waals surface area (Å²) in [7, 11) is 0. The molecule has 11 atom stereocenters. The summed E-state index contributed by atoms with van der Waals surface area (Å²) in [5.41, 5.74) is 0. The van der Waals surface area contributed by atoms with E-state index in [2.05, 4.69) is 38.2 Å².